The molecule has 1 aromatic carbocycles. The number of benzene rings is 1. The van der Waals surface area contributed by atoms with E-state index in [9.17, 15) is 9.18 Å². The Morgan fingerprint density at radius 3 is 2.62 bits per heavy atom. The van der Waals surface area contributed by atoms with Gasteiger partial charge >= 0.3 is 6.09 Å². The molecule has 2 heterocycles. The highest BCUT2D eigenvalue weighted by molar-refractivity contribution is 5.80. The van der Waals surface area contributed by atoms with Crippen LogP contribution in [0.4, 0.5) is 9.18 Å². The van der Waals surface area contributed by atoms with E-state index >= 15 is 0 Å². The maximum atomic E-state index is 13.6. The highest BCUT2D eigenvalue weighted by Gasteiger charge is 2.28. The number of ether oxygens (including phenoxy) is 1. The highest BCUT2D eigenvalue weighted by atomic mass is 19.1. The topological polar surface area (TPSA) is 58.2 Å². The van der Waals surface area contributed by atoms with Gasteiger partial charge in [0.25, 0.3) is 0 Å². The molecule has 1 aliphatic rings. The molecule has 1 saturated heterocycles. The summed E-state index contributed by atoms with van der Waals surface area (Å²) in [4.78, 5) is 13.9. The van der Waals surface area contributed by atoms with Crippen molar-refractivity contribution in [3.05, 3.63) is 29.2 Å². The van der Waals surface area contributed by atoms with Crippen LogP contribution in [-0.2, 0) is 4.74 Å². The predicted octanol–water partition coefficient (Wildman–Crippen LogP) is 4.12. The Morgan fingerprint density at radius 2 is 2.00 bits per heavy atom. The van der Waals surface area contributed by atoms with E-state index in [4.69, 9.17) is 4.74 Å². The number of carbonyl (C=O) groups excluding carboxylic acids is 1. The Balaban J connectivity index is 1.71. The summed E-state index contributed by atoms with van der Waals surface area (Å²) >= 11 is 0. The molecule has 5 nitrogen and oxygen atoms in total. The second-order valence-corrected chi connectivity index (χ2v) is 7.51. The first kappa shape index (κ1) is 16.7. The zero-order valence-electron chi connectivity index (χ0n) is 14.6. The summed E-state index contributed by atoms with van der Waals surface area (Å²) in [6.07, 6.45) is 1.51. The van der Waals surface area contributed by atoms with Gasteiger partial charge in [-0.15, -0.1) is 5.10 Å². The number of halogens is 1. The van der Waals surface area contributed by atoms with Gasteiger partial charge < -0.3 is 9.64 Å². The summed E-state index contributed by atoms with van der Waals surface area (Å²) < 4.78 is 19.0. The molecular weight excluding hydrogens is 309 g/mol. The van der Waals surface area contributed by atoms with Crippen LogP contribution < -0.4 is 0 Å². The van der Waals surface area contributed by atoms with E-state index in [0.717, 1.165) is 23.9 Å². The molecule has 1 N–H and O–H groups in total. The van der Waals surface area contributed by atoms with Crippen molar-refractivity contribution in [1.29, 1.82) is 0 Å². The summed E-state index contributed by atoms with van der Waals surface area (Å²) in [6, 6.07) is 3.85. The number of hydrogen-bond donors (Lipinski definition) is 1. The molecule has 130 valence electrons. The zero-order chi connectivity index (χ0) is 17.5. The van der Waals surface area contributed by atoms with Crippen LogP contribution in [0, 0.1) is 12.9 Å². The van der Waals surface area contributed by atoms with Gasteiger partial charge in [0.15, 0.2) is 0 Å². The number of amides is 1. The molecular formula is C18H24FN3O2. The number of carbonyl (C=O) groups is 1. The number of rotatable bonds is 1. The summed E-state index contributed by atoms with van der Waals surface area (Å²) in [6.45, 7) is 8.98. The largest absolute Gasteiger partial charge is 0.444 e. The third-order valence-corrected chi connectivity index (χ3v) is 4.49. The predicted molar refractivity (Wildman–Crippen MR) is 90.6 cm³/mol. The zero-order valence-corrected chi connectivity index (χ0v) is 14.6. The molecule has 0 atom stereocenters. The van der Waals surface area contributed by atoms with Crippen LogP contribution in [0.2, 0.25) is 0 Å². The normalized spacial score (nSPS) is 16.6. The van der Waals surface area contributed by atoms with E-state index in [1.165, 1.54) is 5.56 Å². The van der Waals surface area contributed by atoms with Crippen LogP contribution in [0.1, 0.15) is 50.7 Å². The molecule has 0 bridgehead atoms. The average Bonchev–Trinajstić information content (AvgIpc) is 2.86. The van der Waals surface area contributed by atoms with Gasteiger partial charge in [0, 0.05) is 13.1 Å². The molecule has 1 aromatic heterocycles. The van der Waals surface area contributed by atoms with Crippen molar-refractivity contribution in [2.24, 2.45) is 0 Å². The number of nitrogens with zero attached hydrogens (tertiary/aromatic N) is 2. The van der Waals surface area contributed by atoms with E-state index < -0.39 is 11.5 Å². The fourth-order valence-corrected chi connectivity index (χ4v) is 3.30. The van der Waals surface area contributed by atoms with Crippen LogP contribution in [0.25, 0.3) is 10.9 Å². The number of H-pyrrole nitrogens is 1. The van der Waals surface area contributed by atoms with Gasteiger partial charge in [-0.2, -0.15) is 4.39 Å². The monoisotopic (exact) mass is 333 g/mol. The van der Waals surface area contributed by atoms with Crippen molar-refractivity contribution < 1.29 is 13.9 Å². The Labute approximate surface area is 141 Å². The van der Waals surface area contributed by atoms with E-state index in [1.807, 2.05) is 39.8 Å². The third kappa shape index (κ3) is 3.37. The molecule has 0 unspecified atom stereocenters. The van der Waals surface area contributed by atoms with E-state index in [2.05, 4.69) is 10.2 Å². The molecule has 0 spiro atoms. The lowest BCUT2D eigenvalue weighted by molar-refractivity contribution is 0.0205. The fourth-order valence-electron chi connectivity index (χ4n) is 3.30. The molecule has 1 fully saturated rings. The Kier molecular flexibility index (Phi) is 4.24. The van der Waals surface area contributed by atoms with Crippen LogP contribution in [-0.4, -0.2) is 39.9 Å². The third-order valence-electron chi connectivity index (χ3n) is 4.49. The first-order valence-electron chi connectivity index (χ1n) is 8.36. The van der Waals surface area contributed by atoms with Crippen LogP contribution in [0.3, 0.4) is 0 Å². The molecule has 1 aliphatic heterocycles. The van der Waals surface area contributed by atoms with Crippen LogP contribution >= 0.6 is 0 Å². The molecule has 0 saturated carbocycles. The molecule has 0 radical (unpaired) electrons. The van der Waals surface area contributed by atoms with Crippen molar-refractivity contribution in [1.82, 2.24) is 15.1 Å². The lowest BCUT2D eigenvalue weighted by Gasteiger charge is -2.34. The first-order chi connectivity index (χ1) is 11.2. The Hall–Kier alpha value is -2.11. The number of nitrogens with one attached hydrogen (secondary N) is 1. The van der Waals surface area contributed by atoms with Gasteiger partial charge in [0.2, 0.25) is 5.95 Å². The standard InChI is InChI=1S/C18H24FN3O2/c1-11-9-14-15(20-21-16(14)19)10-13(11)12-5-7-22(8-6-12)17(23)24-18(2,3)4/h9-10,12H,5-8H2,1-4H3,(H,20,21). The number of piperidine rings is 1. The number of aromatic amines is 1. The molecule has 6 heteroatoms. The number of aromatic nitrogens is 2. The van der Waals surface area contributed by atoms with Crippen LogP contribution in [0.5, 0.6) is 0 Å². The smallest absolute Gasteiger partial charge is 0.410 e. The van der Waals surface area contributed by atoms with Crippen molar-refractivity contribution >= 4 is 17.0 Å². The fraction of sp³-hybridized carbons (Fsp3) is 0.556. The quantitative estimate of drug-likeness (QED) is 0.854. The SMILES string of the molecule is Cc1cc2c(F)n[nH]c2cc1C1CCN(C(=O)OC(C)(C)C)CC1. The van der Waals surface area contributed by atoms with E-state index in [0.29, 0.717) is 24.4 Å². The van der Waals surface area contributed by atoms with Crippen molar-refractivity contribution in [3.8, 4) is 0 Å². The minimum atomic E-state index is -0.472. The minimum Gasteiger partial charge on any atom is -0.444 e. The summed E-state index contributed by atoms with van der Waals surface area (Å²) in [5.41, 5.74) is 2.52. The first-order valence-corrected chi connectivity index (χ1v) is 8.36. The van der Waals surface area contributed by atoms with Gasteiger partial charge in [-0.1, -0.05) is 0 Å². The van der Waals surface area contributed by atoms with Gasteiger partial charge in [-0.25, -0.2) is 4.79 Å². The van der Waals surface area contributed by atoms with Crippen molar-refractivity contribution in [3.63, 3.8) is 0 Å². The molecule has 1 amide bonds. The van der Waals surface area contributed by atoms with Crippen LogP contribution in [0.15, 0.2) is 12.1 Å². The van der Waals surface area contributed by atoms with Gasteiger partial charge in [0.1, 0.15) is 5.60 Å². The maximum Gasteiger partial charge on any atom is 0.410 e. The molecule has 0 aliphatic carbocycles. The van der Waals surface area contributed by atoms with Gasteiger partial charge in [0.05, 0.1) is 10.9 Å². The number of aryl methyl sites for hydroxylation is 1. The average molecular weight is 333 g/mol. The van der Waals surface area contributed by atoms with Gasteiger partial charge in [-0.3, -0.25) is 5.10 Å². The second kappa shape index (κ2) is 6.07. The highest BCUT2D eigenvalue weighted by Crippen LogP contribution is 2.33. The molecule has 3 rings (SSSR count). The molecule has 24 heavy (non-hydrogen) atoms. The summed E-state index contributed by atoms with van der Waals surface area (Å²) in [7, 11) is 0. The molecule has 2 aromatic rings. The number of fused-ring (bicyclic) bond motifs is 1. The lowest BCUT2D eigenvalue weighted by Crippen LogP contribution is -2.41. The van der Waals surface area contributed by atoms with Crippen molar-refractivity contribution in [2.75, 3.05) is 13.1 Å². The Bertz CT molecular complexity index is 755. The van der Waals surface area contributed by atoms with E-state index in [1.54, 1.807) is 4.90 Å². The van der Waals surface area contributed by atoms with E-state index in [-0.39, 0.29) is 6.09 Å². The van der Waals surface area contributed by atoms with Gasteiger partial charge in [-0.05, 0) is 69.7 Å². The maximum absolute atomic E-state index is 13.6. The van der Waals surface area contributed by atoms with Crippen molar-refractivity contribution in [2.45, 2.75) is 52.1 Å². The lowest BCUT2D eigenvalue weighted by atomic mass is 9.86. The Morgan fingerprint density at radius 1 is 1.33 bits per heavy atom. The second-order valence-electron chi connectivity index (χ2n) is 7.51. The summed E-state index contributed by atoms with van der Waals surface area (Å²) in [5.74, 6) is -0.0983. The number of hydrogen-bond acceptors (Lipinski definition) is 3. The minimum absolute atomic E-state index is 0.247. The number of likely N-dealkylation sites (tertiary alicyclic amines) is 1. The summed E-state index contributed by atoms with van der Waals surface area (Å²) in [5, 5.41) is 6.90.